The van der Waals surface area contributed by atoms with Crippen LogP contribution in [0.5, 0.6) is 17.6 Å². The average Bonchev–Trinajstić information content (AvgIpc) is 4.00. The van der Waals surface area contributed by atoms with Crippen LogP contribution in [0.3, 0.4) is 0 Å². The van der Waals surface area contributed by atoms with E-state index in [-0.39, 0.29) is 74.8 Å². The number of nitrogens with zero attached hydrogens (tertiary/aromatic N) is 6. The first kappa shape index (κ1) is 32.5. The molecule has 13 heteroatoms. The molecule has 4 unspecified atom stereocenters. The van der Waals surface area contributed by atoms with Crippen LogP contribution in [0, 0.1) is 41.2 Å². The number of benzene rings is 2. The normalized spacial score (nSPS) is 25.1. The average molecular weight is 703 g/mol. The van der Waals surface area contributed by atoms with Crippen molar-refractivity contribution in [2.75, 3.05) is 57.9 Å². The Morgan fingerprint density at radius 3 is 2.43 bits per heavy atom. The van der Waals surface area contributed by atoms with Crippen molar-refractivity contribution in [1.29, 1.82) is 0 Å². The molecule has 1 N–H and O–H groups in total. The molecule has 2 aliphatic carbocycles. The molecular formula is C38H38F4N6O3. The molecule has 2 aromatic heterocycles. The first-order valence-electron chi connectivity index (χ1n) is 17.6. The third-order valence-corrected chi connectivity index (χ3v) is 11.7. The number of terminal acetylenes is 1. The van der Waals surface area contributed by atoms with Gasteiger partial charge in [0, 0.05) is 61.2 Å². The van der Waals surface area contributed by atoms with E-state index in [0.717, 1.165) is 57.2 Å². The summed E-state index contributed by atoms with van der Waals surface area (Å²) in [6.07, 6.45) is 8.15. The molecule has 9 rings (SSSR count). The summed E-state index contributed by atoms with van der Waals surface area (Å²) < 4.78 is 71.3. The smallest absolute Gasteiger partial charge is 0.319 e. The summed E-state index contributed by atoms with van der Waals surface area (Å²) in [6, 6.07) is 5.09. The van der Waals surface area contributed by atoms with Crippen LogP contribution in [0.1, 0.15) is 37.7 Å². The van der Waals surface area contributed by atoms with Crippen LogP contribution in [-0.2, 0) is 0 Å². The highest BCUT2D eigenvalue weighted by Gasteiger charge is 2.51. The van der Waals surface area contributed by atoms with E-state index in [1.54, 1.807) is 0 Å². The minimum atomic E-state index is -2.45. The Hall–Kier alpha value is -4.41. The van der Waals surface area contributed by atoms with Crippen molar-refractivity contribution in [1.82, 2.24) is 24.8 Å². The van der Waals surface area contributed by atoms with Gasteiger partial charge in [-0.1, -0.05) is 12.0 Å². The number of hydrogen-bond donors (Lipinski definition) is 1. The number of fused-ring (bicyclic) bond motifs is 5. The summed E-state index contributed by atoms with van der Waals surface area (Å²) in [6.45, 7) is 4.04. The molecule has 2 aromatic carbocycles. The van der Waals surface area contributed by atoms with Crippen LogP contribution in [0.4, 0.5) is 23.4 Å². The molecule has 4 aromatic rings. The number of pyridine rings is 1. The zero-order chi connectivity index (χ0) is 35.2. The van der Waals surface area contributed by atoms with E-state index in [1.807, 2.05) is 9.80 Å². The quantitative estimate of drug-likeness (QED) is 0.162. The standard InChI is InChI=1S/C38H38F4N6O3/c1-3-26-28(39)7-4-20-11-25(49)12-27(30(20)26)33-32(42)34-31(36(43-33)50-2)35(47-15-23-5-6-24(16-47)48(23)17-29(40)41)45-37(44-34)51-19-38(8-9-38)18-46-13-21-10-22(21)14-46/h1,4,7,11-12,21-24,29,49H,5-6,8-10,13-19H2,2H3. The second kappa shape index (κ2) is 12.1. The van der Waals surface area contributed by atoms with E-state index >= 15 is 4.39 Å². The molecule has 266 valence electrons. The van der Waals surface area contributed by atoms with Gasteiger partial charge in [-0.25, -0.2) is 22.5 Å². The lowest BCUT2D eigenvalue weighted by atomic mass is 9.95. The number of ether oxygens (including phenoxy) is 2. The number of likely N-dealkylation sites (tertiary alicyclic amines) is 1. The number of anilines is 1. The molecule has 5 fully saturated rings. The lowest BCUT2D eigenvalue weighted by Gasteiger charge is -2.41. The molecule has 5 heterocycles. The van der Waals surface area contributed by atoms with Gasteiger partial charge in [-0.2, -0.15) is 9.97 Å². The lowest BCUT2D eigenvalue weighted by molar-refractivity contribution is 0.0557. The fourth-order valence-electron chi connectivity index (χ4n) is 8.94. The number of halogens is 4. The maximum absolute atomic E-state index is 17.2. The molecule has 5 aliphatic rings. The Morgan fingerprint density at radius 2 is 1.76 bits per heavy atom. The Balaban J connectivity index is 1.16. The van der Waals surface area contributed by atoms with Gasteiger partial charge in [0.1, 0.15) is 34.0 Å². The van der Waals surface area contributed by atoms with E-state index in [4.69, 9.17) is 20.9 Å². The van der Waals surface area contributed by atoms with Crippen molar-refractivity contribution in [2.24, 2.45) is 17.3 Å². The van der Waals surface area contributed by atoms with Gasteiger partial charge in [0.25, 0.3) is 6.43 Å². The number of phenolic OH excluding ortho intramolecular Hbond substituents is 1. The van der Waals surface area contributed by atoms with Crippen LogP contribution in [0.25, 0.3) is 32.9 Å². The van der Waals surface area contributed by atoms with Crippen LogP contribution in [0.2, 0.25) is 0 Å². The lowest BCUT2D eigenvalue weighted by Crippen LogP contribution is -2.55. The van der Waals surface area contributed by atoms with Crippen molar-refractivity contribution >= 4 is 27.5 Å². The van der Waals surface area contributed by atoms with Crippen LogP contribution in [0.15, 0.2) is 24.3 Å². The van der Waals surface area contributed by atoms with Crippen molar-refractivity contribution < 1.29 is 32.1 Å². The third-order valence-electron chi connectivity index (χ3n) is 11.7. The highest BCUT2D eigenvalue weighted by Crippen LogP contribution is 2.51. The summed E-state index contributed by atoms with van der Waals surface area (Å²) in [5, 5.41) is 11.5. The molecule has 0 spiro atoms. The number of piperidine rings is 1. The number of aromatic nitrogens is 3. The summed E-state index contributed by atoms with van der Waals surface area (Å²) in [5.74, 6) is 2.64. The van der Waals surface area contributed by atoms with Crippen molar-refractivity contribution in [3.05, 3.63) is 41.5 Å². The van der Waals surface area contributed by atoms with E-state index in [0.29, 0.717) is 30.9 Å². The highest BCUT2D eigenvalue weighted by atomic mass is 19.3. The predicted molar refractivity (Wildman–Crippen MR) is 183 cm³/mol. The number of piperazine rings is 1. The number of aromatic hydroxyl groups is 1. The number of methoxy groups -OCH3 is 1. The molecule has 2 bridgehead atoms. The topological polar surface area (TPSA) is 87.1 Å². The second-order valence-electron chi connectivity index (χ2n) is 15.1. The van der Waals surface area contributed by atoms with Crippen LogP contribution < -0.4 is 14.4 Å². The molecular weight excluding hydrogens is 664 g/mol. The zero-order valence-corrected chi connectivity index (χ0v) is 28.2. The van der Waals surface area contributed by atoms with Gasteiger partial charge in [-0.15, -0.1) is 6.42 Å². The molecule has 51 heavy (non-hydrogen) atoms. The van der Waals surface area contributed by atoms with E-state index in [1.165, 1.54) is 37.8 Å². The second-order valence-corrected chi connectivity index (χ2v) is 15.1. The van der Waals surface area contributed by atoms with E-state index in [2.05, 4.69) is 20.8 Å². The third kappa shape index (κ3) is 5.67. The first-order valence-corrected chi connectivity index (χ1v) is 17.6. The molecule has 4 atom stereocenters. The fraction of sp³-hybridized carbons (Fsp3) is 0.500. The minimum Gasteiger partial charge on any atom is -0.508 e. The molecule has 3 saturated heterocycles. The van der Waals surface area contributed by atoms with Gasteiger partial charge in [0.15, 0.2) is 5.82 Å². The van der Waals surface area contributed by atoms with Gasteiger partial charge in [0.05, 0.1) is 25.8 Å². The van der Waals surface area contributed by atoms with Crippen molar-refractivity contribution in [3.63, 3.8) is 0 Å². The Bertz CT molecular complexity index is 2080. The fourth-order valence-corrected chi connectivity index (χ4v) is 8.94. The predicted octanol–water partition coefficient (Wildman–Crippen LogP) is 5.85. The monoisotopic (exact) mass is 702 g/mol. The van der Waals surface area contributed by atoms with Crippen molar-refractivity contribution in [2.45, 2.75) is 50.6 Å². The van der Waals surface area contributed by atoms with Gasteiger partial charge < -0.3 is 24.4 Å². The molecule has 9 nitrogen and oxygen atoms in total. The van der Waals surface area contributed by atoms with Gasteiger partial charge in [-0.3, -0.25) is 4.90 Å². The van der Waals surface area contributed by atoms with Crippen LogP contribution >= 0.6 is 0 Å². The SMILES string of the molecule is C#Cc1c(F)ccc2cc(O)cc(-c3nc(OC)c4c(N5CC6CCC(C5)N6CC(F)F)nc(OCC5(CN6CC7CC7C6)CC5)nc4c3F)c12. The number of hydrogen-bond acceptors (Lipinski definition) is 9. The van der Waals surface area contributed by atoms with Crippen molar-refractivity contribution in [3.8, 4) is 41.2 Å². The summed E-state index contributed by atoms with van der Waals surface area (Å²) >= 11 is 0. The Morgan fingerprint density at radius 1 is 1.02 bits per heavy atom. The van der Waals surface area contributed by atoms with Crippen LogP contribution in [-0.4, -0.2) is 101 Å². The Kier molecular flexibility index (Phi) is 7.70. The highest BCUT2D eigenvalue weighted by molar-refractivity contribution is 6.04. The number of rotatable bonds is 10. The largest absolute Gasteiger partial charge is 0.508 e. The maximum Gasteiger partial charge on any atom is 0.319 e. The number of phenols is 1. The van der Waals surface area contributed by atoms with Gasteiger partial charge >= 0.3 is 6.01 Å². The van der Waals surface area contributed by atoms with E-state index in [9.17, 15) is 18.3 Å². The molecule has 0 radical (unpaired) electrons. The minimum absolute atomic E-state index is 0.00622. The molecule has 2 saturated carbocycles. The summed E-state index contributed by atoms with van der Waals surface area (Å²) in [5.41, 5.74) is -0.426. The van der Waals surface area contributed by atoms with Gasteiger partial charge in [0.2, 0.25) is 5.88 Å². The number of alkyl halides is 2. The Labute approximate surface area is 292 Å². The zero-order valence-electron chi connectivity index (χ0n) is 28.2. The molecule has 3 aliphatic heterocycles. The van der Waals surface area contributed by atoms with Gasteiger partial charge in [-0.05, 0) is 67.5 Å². The summed E-state index contributed by atoms with van der Waals surface area (Å²) in [4.78, 5) is 20.4. The molecule has 0 amide bonds. The maximum atomic E-state index is 17.2. The van der Waals surface area contributed by atoms with E-state index < -0.39 is 18.1 Å². The first-order chi connectivity index (χ1) is 24.6. The summed E-state index contributed by atoms with van der Waals surface area (Å²) in [7, 11) is 1.40.